The molecule has 1 aromatic heterocycles. The molecule has 0 spiro atoms. The Labute approximate surface area is 128 Å². The van der Waals surface area contributed by atoms with Gasteiger partial charge in [0.15, 0.2) is 11.3 Å². The SMILES string of the molecule is COc1cccc2cc(C(C)NCCC(C)S(C)=O)oc12. The zero-order valence-electron chi connectivity index (χ0n) is 13.0. The Balaban J connectivity index is 2.03. The number of fused-ring (bicyclic) bond motifs is 1. The molecule has 0 saturated heterocycles. The third-order valence-electron chi connectivity index (χ3n) is 3.74. The first-order valence-electron chi connectivity index (χ1n) is 7.15. The predicted octanol–water partition coefficient (Wildman–Crippen LogP) is 3.25. The van der Waals surface area contributed by atoms with Crippen LogP contribution < -0.4 is 10.1 Å². The minimum atomic E-state index is -0.766. The third kappa shape index (κ3) is 3.86. The molecule has 5 heteroatoms. The topological polar surface area (TPSA) is 51.5 Å². The van der Waals surface area contributed by atoms with E-state index in [4.69, 9.17) is 9.15 Å². The zero-order valence-corrected chi connectivity index (χ0v) is 13.8. The second-order valence-electron chi connectivity index (χ2n) is 5.30. The lowest BCUT2D eigenvalue weighted by Crippen LogP contribution is -2.23. The van der Waals surface area contributed by atoms with E-state index in [0.717, 1.165) is 35.4 Å². The number of hydrogen-bond acceptors (Lipinski definition) is 4. The van der Waals surface area contributed by atoms with E-state index < -0.39 is 10.8 Å². The second kappa shape index (κ2) is 7.09. The molecule has 0 amide bonds. The summed E-state index contributed by atoms with van der Waals surface area (Å²) in [5, 5.41) is 4.67. The summed E-state index contributed by atoms with van der Waals surface area (Å²) in [6.45, 7) is 4.89. The highest BCUT2D eigenvalue weighted by Crippen LogP contribution is 2.30. The molecule has 0 radical (unpaired) electrons. The molecule has 3 atom stereocenters. The Morgan fingerprint density at radius 1 is 1.38 bits per heavy atom. The number of nitrogens with one attached hydrogen (secondary N) is 1. The summed E-state index contributed by atoms with van der Waals surface area (Å²) < 4.78 is 22.5. The van der Waals surface area contributed by atoms with Crippen molar-refractivity contribution in [1.29, 1.82) is 0 Å². The lowest BCUT2D eigenvalue weighted by molar-refractivity contribution is 0.399. The molecule has 1 N–H and O–H groups in total. The van der Waals surface area contributed by atoms with Gasteiger partial charge in [-0.25, -0.2) is 0 Å². The van der Waals surface area contributed by atoms with Crippen LogP contribution >= 0.6 is 0 Å². The summed E-state index contributed by atoms with van der Waals surface area (Å²) in [7, 11) is 0.878. The molecule has 0 saturated carbocycles. The molecule has 0 aliphatic carbocycles. The monoisotopic (exact) mass is 309 g/mol. The smallest absolute Gasteiger partial charge is 0.176 e. The Morgan fingerprint density at radius 3 is 2.81 bits per heavy atom. The normalized spacial score (nSPS) is 15.8. The van der Waals surface area contributed by atoms with Crippen LogP contribution in [0.1, 0.15) is 32.1 Å². The van der Waals surface area contributed by atoms with Crippen LogP contribution in [0.2, 0.25) is 0 Å². The first-order chi connectivity index (χ1) is 10.0. The molecular formula is C16H23NO3S. The van der Waals surface area contributed by atoms with E-state index in [1.54, 1.807) is 13.4 Å². The highest BCUT2D eigenvalue weighted by molar-refractivity contribution is 7.84. The number of methoxy groups -OCH3 is 1. The zero-order chi connectivity index (χ0) is 15.4. The quantitative estimate of drug-likeness (QED) is 0.853. The van der Waals surface area contributed by atoms with Gasteiger partial charge in [0.25, 0.3) is 0 Å². The Morgan fingerprint density at radius 2 is 2.14 bits per heavy atom. The number of hydrogen-bond donors (Lipinski definition) is 1. The van der Waals surface area contributed by atoms with Gasteiger partial charge in [0.2, 0.25) is 0 Å². The molecule has 0 bridgehead atoms. The molecule has 116 valence electrons. The van der Waals surface area contributed by atoms with Gasteiger partial charge in [0, 0.05) is 27.7 Å². The average molecular weight is 309 g/mol. The highest BCUT2D eigenvalue weighted by atomic mass is 32.2. The van der Waals surface area contributed by atoms with Crippen LogP contribution in [0.4, 0.5) is 0 Å². The van der Waals surface area contributed by atoms with Gasteiger partial charge in [-0.15, -0.1) is 0 Å². The molecule has 0 aliphatic rings. The summed E-state index contributed by atoms with van der Waals surface area (Å²) in [6, 6.07) is 8.01. The summed E-state index contributed by atoms with van der Waals surface area (Å²) in [6.07, 6.45) is 2.64. The molecule has 21 heavy (non-hydrogen) atoms. The van der Waals surface area contributed by atoms with Crippen molar-refractivity contribution >= 4 is 21.8 Å². The standard InChI is InChI=1S/C16H23NO3S/c1-11(21(4)18)8-9-17-12(2)15-10-13-6-5-7-14(19-3)16(13)20-15/h5-7,10-12,17H,8-9H2,1-4H3. The number of furan rings is 1. The lowest BCUT2D eigenvalue weighted by Gasteiger charge is -2.13. The molecule has 2 aromatic rings. The fraction of sp³-hybridized carbons (Fsp3) is 0.500. The van der Waals surface area contributed by atoms with Crippen molar-refractivity contribution < 1.29 is 13.4 Å². The van der Waals surface area contributed by atoms with E-state index in [-0.39, 0.29) is 11.3 Å². The van der Waals surface area contributed by atoms with E-state index in [9.17, 15) is 4.21 Å². The van der Waals surface area contributed by atoms with Crippen molar-refractivity contribution in [2.75, 3.05) is 19.9 Å². The van der Waals surface area contributed by atoms with Crippen LogP contribution in [0.3, 0.4) is 0 Å². The van der Waals surface area contributed by atoms with Crippen LogP contribution in [0.5, 0.6) is 5.75 Å². The summed E-state index contributed by atoms with van der Waals surface area (Å²) in [5.74, 6) is 1.64. The second-order valence-corrected chi connectivity index (χ2v) is 7.10. The van der Waals surface area contributed by atoms with Crippen molar-refractivity contribution in [3.05, 3.63) is 30.0 Å². The van der Waals surface area contributed by atoms with Crippen molar-refractivity contribution in [1.82, 2.24) is 5.32 Å². The minimum Gasteiger partial charge on any atom is -0.493 e. The van der Waals surface area contributed by atoms with Crippen molar-refractivity contribution in [3.8, 4) is 5.75 Å². The number of benzene rings is 1. The van der Waals surface area contributed by atoms with Gasteiger partial charge in [-0.05, 0) is 32.0 Å². The lowest BCUT2D eigenvalue weighted by atomic mass is 10.2. The van der Waals surface area contributed by atoms with Gasteiger partial charge < -0.3 is 14.5 Å². The Kier molecular flexibility index (Phi) is 5.42. The van der Waals surface area contributed by atoms with Crippen LogP contribution in [0, 0.1) is 0 Å². The summed E-state index contributed by atoms with van der Waals surface area (Å²) >= 11 is 0. The molecule has 1 heterocycles. The fourth-order valence-electron chi connectivity index (χ4n) is 2.20. The van der Waals surface area contributed by atoms with E-state index in [1.165, 1.54) is 0 Å². The maximum atomic E-state index is 11.3. The predicted molar refractivity (Wildman–Crippen MR) is 87.3 cm³/mol. The summed E-state index contributed by atoms with van der Waals surface area (Å²) in [4.78, 5) is 0. The van der Waals surface area contributed by atoms with Gasteiger partial charge in [-0.1, -0.05) is 19.1 Å². The molecule has 0 aliphatic heterocycles. The van der Waals surface area contributed by atoms with Crippen LogP contribution in [-0.2, 0) is 10.8 Å². The molecular weight excluding hydrogens is 286 g/mol. The number of para-hydroxylation sites is 1. The minimum absolute atomic E-state index is 0.111. The molecule has 4 nitrogen and oxygen atoms in total. The van der Waals surface area contributed by atoms with Crippen LogP contribution in [-0.4, -0.2) is 29.4 Å². The third-order valence-corrected chi connectivity index (χ3v) is 5.11. The average Bonchev–Trinajstić information content (AvgIpc) is 2.90. The van der Waals surface area contributed by atoms with Gasteiger partial charge >= 0.3 is 0 Å². The molecule has 0 fully saturated rings. The summed E-state index contributed by atoms with van der Waals surface area (Å²) in [5.41, 5.74) is 0.784. The van der Waals surface area contributed by atoms with Crippen molar-refractivity contribution in [2.24, 2.45) is 0 Å². The van der Waals surface area contributed by atoms with Gasteiger partial charge in [-0.3, -0.25) is 4.21 Å². The van der Waals surface area contributed by atoms with Crippen LogP contribution in [0.25, 0.3) is 11.0 Å². The van der Waals surface area contributed by atoms with Crippen molar-refractivity contribution in [3.63, 3.8) is 0 Å². The fourth-order valence-corrected chi connectivity index (χ4v) is 2.65. The van der Waals surface area contributed by atoms with Crippen molar-refractivity contribution in [2.45, 2.75) is 31.6 Å². The van der Waals surface area contributed by atoms with Crippen LogP contribution in [0.15, 0.2) is 28.7 Å². The Bertz CT molecular complexity index is 623. The van der Waals surface area contributed by atoms with E-state index >= 15 is 0 Å². The van der Waals surface area contributed by atoms with Gasteiger partial charge in [0.05, 0.1) is 13.2 Å². The first-order valence-corrected chi connectivity index (χ1v) is 8.77. The van der Waals surface area contributed by atoms with E-state index in [0.29, 0.717) is 0 Å². The molecule has 1 aromatic carbocycles. The number of rotatable bonds is 7. The molecule has 2 rings (SSSR count). The van der Waals surface area contributed by atoms with Gasteiger partial charge in [-0.2, -0.15) is 0 Å². The highest BCUT2D eigenvalue weighted by Gasteiger charge is 2.14. The maximum Gasteiger partial charge on any atom is 0.176 e. The Hall–Kier alpha value is -1.33. The molecule has 3 unspecified atom stereocenters. The van der Waals surface area contributed by atoms with E-state index in [1.807, 2.05) is 31.2 Å². The van der Waals surface area contributed by atoms with Gasteiger partial charge in [0.1, 0.15) is 5.76 Å². The van der Waals surface area contributed by atoms with E-state index in [2.05, 4.69) is 12.2 Å². The number of ether oxygens (including phenoxy) is 1. The largest absolute Gasteiger partial charge is 0.493 e. The maximum absolute atomic E-state index is 11.3. The first kappa shape index (κ1) is 16.0.